The first-order chi connectivity index (χ1) is 36.3. The summed E-state index contributed by atoms with van der Waals surface area (Å²) in [7, 11) is 0. The normalized spacial score (nSPS) is 13.6. The number of hydrogen-bond acceptors (Lipinski definition) is 4. The number of rotatable bonds is 14. The van der Waals surface area contributed by atoms with Gasteiger partial charge in [0.1, 0.15) is 5.58 Å². The SMILES string of the molecule is CCC(C)(C)c1ccc(N2c3ccc(C(C)(C)CC)cc3B3c4cc(C(C)(C)CC)ccc4N(c4ccc(C(C)(C)CC)cc4)c4cc(N(c5ccc(C(C)C)cc5)c5cccc6c5oc5ccccc56)cc2c43)cc1. The number of furan rings is 1. The number of hydrogen-bond donors (Lipinski definition) is 0. The summed E-state index contributed by atoms with van der Waals surface area (Å²) in [5.74, 6) is 0.393. The summed E-state index contributed by atoms with van der Waals surface area (Å²) in [4.78, 5) is 7.65. The third kappa shape index (κ3) is 8.44. The van der Waals surface area contributed by atoms with E-state index < -0.39 is 0 Å². The predicted molar refractivity (Wildman–Crippen MR) is 330 cm³/mol. The Morgan fingerprint density at radius 3 is 1.37 bits per heavy atom. The van der Waals surface area contributed by atoms with E-state index in [0.29, 0.717) is 5.92 Å². The lowest BCUT2D eigenvalue weighted by Gasteiger charge is -2.46. The highest BCUT2D eigenvalue weighted by atomic mass is 16.3. The molecule has 76 heavy (non-hydrogen) atoms. The van der Waals surface area contributed by atoms with Crippen molar-refractivity contribution in [3.8, 4) is 0 Å². The van der Waals surface area contributed by atoms with Gasteiger partial charge in [0.15, 0.2) is 5.58 Å². The maximum atomic E-state index is 6.97. The molecule has 2 aliphatic heterocycles. The highest BCUT2D eigenvalue weighted by molar-refractivity contribution is 7.00. The van der Waals surface area contributed by atoms with Crippen LogP contribution in [0.5, 0.6) is 0 Å². The number of anilines is 9. The van der Waals surface area contributed by atoms with Crippen molar-refractivity contribution in [3.63, 3.8) is 0 Å². The number of fused-ring (bicyclic) bond motifs is 7. The van der Waals surface area contributed by atoms with E-state index in [-0.39, 0.29) is 28.4 Å². The molecule has 5 heteroatoms. The van der Waals surface area contributed by atoms with Gasteiger partial charge >= 0.3 is 0 Å². The van der Waals surface area contributed by atoms with Crippen LogP contribution in [0.15, 0.2) is 168 Å². The van der Waals surface area contributed by atoms with Crippen molar-refractivity contribution < 1.29 is 4.42 Å². The molecule has 0 N–H and O–H groups in total. The zero-order valence-corrected chi connectivity index (χ0v) is 47.8. The lowest BCUT2D eigenvalue weighted by atomic mass is 9.33. The molecule has 0 spiro atoms. The van der Waals surface area contributed by atoms with Crippen LogP contribution in [0.25, 0.3) is 21.9 Å². The summed E-state index contributed by atoms with van der Waals surface area (Å²) in [6, 6.07) is 63.2. The Bertz CT molecular complexity index is 3480. The molecule has 11 rings (SSSR count). The highest BCUT2D eigenvalue weighted by Crippen LogP contribution is 2.51. The smallest absolute Gasteiger partial charge is 0.252 e. The molecule has 3 heterocycles. The van der Waals surface area contributed by atoms with Crippen LogP contribution in [0.2, 0.25) is 0 Å². The van der Waals surface area contributed by atoms with Gasteiger partial charge in [0, 0.05) is 50.6 Å². The summed E-state index contributed by atoms with van der Waals surface area (Å²) in [5.41, 5.74) is 22.7. The third-order valence-corrected chi connectivity index (χ3v) is 18.7. The minimum atomic E-state index is -0.0501. The average molecular weight is 1000 g/mol. The molecular formula is C71H78BN3O. The van der Waals surface area contributed by atoms with Gasteiger partial charge in [0.2, 0.25) is 0 Å². The molecule has 0 saturated carbocycles. The molecule has 0 radical (unpaired) electrons. The zero-order chi connectivity index (χ0) is 53.6. The minimum Gasteiger partial charge on any atom is -0.454 e. The molecule has 9 aromatic rings. The fraction of sp³-hybridized carbons (Fsp3) is 0.324. The lowest BCUT2D eigenvalue weighted by Crippen LogP contribution is -2.61. The maximum Gasteiger partial charge on any atom is 0.252 e. The fourth-order valence-electron chi connectivity index (χ4n) is 11.8. The van der Waals surface area contributed by atoms with Crippen LogP contribution in [0, 0.1) is 0 Å². The lowest BCUT2D eigenvalue weighted by molar-refractivity contribution is 0.506. The second-order valence-electron chi connectivity index (χ2n) is 24.9. The molecule has 0 fully saturated rings. The van der Waals surface area contributed by atoms with Crippen molar-refractivity contribution in [3.05, 3.63) is 192 Å². The number of benzene rings is 8. The molecule has 0 atom stereocenters. The molecule has 0 bridgehead atoms. The fourth-order valence-corrected chi connectivity index (χ4v) is 11.8. The molecule has 0 aliphatic carbocycles. The standard InChI is InChI=1S/C71H78BN3O/c1-15-68(7,8)48-28-36-53(37-29-48)74-60-40-32-50(70(11,12)17-3)42-58(60)72-59-43-51(71(13,14)18-4)33-41-61(59)75(54-38-30-49(31-39-54)69(9,10)16-2)64-45-55(44-63(74)66(64)72)73(52-34-26-47(27-35-52)46(5)6)62-24-21-23-57-56-22-19-20-25-65(56)76-67(57)62/h19-46H,15-18H2,1-14H3. The van der Waals surface area contributed by atoms with E-state index in [0.717, 1.165) is 76.1 Å². The number of para-hydroxylation sites is 2. The van der Waals surface area contributed by atoms with E-state index in [1.54, 1.807) is 0 Å². The van der Waals surface area contributed by atoms with Crippen LogP contribution >= 0.6 is 0 Å². The van der Waals surface area contributed by atoms with Gasteiger partial charge in [-0.15, -0.1) is 0 Å². The van der Waals surface area contributed by atoms with Crippen LogP contribution in [0.3, 0.4) is 0 Å². The molecule has 4 nitrogen and oxygen atoms in total. The molecule has 2 aliphatic rings. The molecule has 0 amide bonds. The Balaban J connectivity index is 1.28. The molecule has 8 aromatic carbocycles. The molecule has 0 unspecified atom stereocenters. The highest BCUT2D eigenvalue weighted by Gasteiger charge is 2.45. The van der Waals surface area contributed by atoms with Gasteiger partial charge in [-0.1, -0.05) is 188 Å². The largest absolute Gasteiger partial charge is 0.454 e. The van der Waals surface area contributed by atoms with Gasteiger partial charge in [-0.25, -0.2) is 0 Å². The summed E-state index contributed by atoms with van der Waals surface area (Å²) in [6.45, 7) is 32.8. The third-order valence-electron chi connectivity index (χ3n) is 18.7. The van der Waals surface area contributed by atoms with E-state index in [1.807, 2.05) is 0 Å². The summed E-state index contributed by atoms with van der Waals surface area (Å²) < 4.78 is 6.97. The monoisotopic (exact) mass is 1000 g/mol. The van der Waals surface area contributed by atoms with E-state index in [2.05, 4.69) is 275 Å². The van der Waals surface area contributed by atoms with Gasteiger partial charge in [0.25, 0.3) is 6.71 Å². The Morgan fingerprint density at radius 2 is 0.895 bits per heavy atom. The molecule has 0 saturated heterocycles. The summed E-state index contributed by atoms with van der Waals surface area (Å²) >= 11 is 0. The van der Waals surface area contributed by atoms with Crippen LogP contribution < -0.4 is 31.1 Å². The van der Waals surface area contributed by atoms with Gasteiger partial charge in [-0.05, 0) is 170 Å². The second kappa shape index (κ2) is 18.9. The molecule has 386 valence electrons. The van der Waals surface area contributed by atoms with Crippen molar-refractivity contribution in [1.29, 1.82) is 0 Å². The van der Waals surface area contributed by atoms with E-state index in [4.69, 9.17) is 4.42 Å². The first-order valence-corrected chi connectivity index (χ1v) is 28.4. The second-order valence-corrected chi connectivity index (χ2v) is 24.9. The summed E-state index contributed by atoms with van der Waals surface area (Å²) in [6.07, 6.45) is 4.19. The van der Waals surface area contributed by atoms with Gasteiger partial charge in [-0.2, -0.15) is 0 Å². The van der Waals surface area contributed by atoms with Crippen LogP contribution in [0.1, 0.15) is 156 Å². The Kier molecular flexibility index (Phi) is 12.7. The number of nitrogens with zero attached hydrogens (tertiary/aromatic N) is 3. The zero-order valence-electron chi connectivity index (χ0n) is 47.8. The maximum absolute atomic E-state index is 6.97. The quantitative estimate of drug-likeness (QED) is 0.101. The first kappa shape index (κ1) is 51.1. The van der Waals surface area contributed by atoms with Gasteiger partial charge in [-0.3, -0.25) is 0 Å². The van der Waals surface area contributed by atoms with Gasteiger partial charge < -0.3 is 19.1 Å². The van der Waals surface area contributed by atoms with Crippen molar-refractivity contribution in [1.82, 2.24) is 0 Å². The van der Waals surface area contributed by atoms with Crippen molar-refractivity contribution in [2.24, 2.45) is 0 Å². The van der Waals surface area contributed by atoms with Crippen LogP contribution in [0.4, 0.5) is 51.2 Å². The van der Waals surface area contributed by atoms with E-state index in [9.17, 15) is 0 Å². The molecule has 1 aromatic heterocycles. The topological polar surface area (TPSA) is 22.9 Å². The van der Waals surface area contributed by atoms with Crippen molar-refractivity contribution in [2.75, 3.05) is 14.7 Å². The predicted octanol–water partition coefficient (Wildman–Crippen LogP) is 19.0. The Labute approximate surface area is 454 Å². The van der Waals surface area contributed by atoms with Crippen LogP contribution in [-0.2, 0) is 21.7 Å². The van der Waals surface area contributed by atoms with E-state index >= 15 is 0 Å². The average Bonchev–Trinajstić information content (AvgIpc) is 3.90. The van der Waals surface area contributed by atoms with Gasteiger partial charge in [0.05, 0.1) is 11.4 Å². The molecular weight excluding hydrogens is 922 g/mol. The summed E-state index contributed by atoms with van der Waals surface area (Å²) in [5, 5.41) is 2.22. The Morgan fingerprint density at radius 1 is 0.447 bits per heavy atom. The first-order valence-electron chi connectivity index (χ1n) is 28.4. The van der Waals surface area contributed by atoms with Crippen molar-refractivity contribution >= 4 is 96.2 Å². The van der Waals surface area contributed by atoms with Crippen molar-refractivity contribution in [2.45, 2.75) is 150 Å². The minimum absolute atomic E-state index is 0.0207. The van der Waals surface area contributed by atoms with Crippen LogP contribution in [-0.4, -0.2) is 6.71 Å². The van der Waals surface area contributed by atoms with E-state index in [1.165, 1.54) is 67.0 Å². The Hall–Kier alpha value is -6.98.